The number of aromatic amines is 1. The Balaban J connectivity index is 2.17. The number of hydrogen-bond acceptors (Lipinski definition) is 2. The zero-order chi connectivity index (χ0) is 11.0. The van der Waals surface area contributed by atoms with Gasteiger partial charge >= 0.3 is 0 Å². The lowest BCUT2D eigenvalue weighted by atomic mass is 9.81. The number of nitrogens with one attached hydrogen (secondary N) is 1. The van der Waals surface area contributed by atoms with Crippen LogP contribution in [0.2, 0.25) is 0 Å². The van der Waals surface area contributed by atoms with Crippen molar-refractivity contribution < 1.29 is 0 Å². The van der Waals surface area contributed by atoms with Crippen molar-refractivity contribution in [2.75, 3.05) is 6.54 Å². The molecule has 0 spiro atoms. The molecule has 1 aromatic heterocycles. The van der Waals surface area contributed by atoms with Crippen LogP contribution in [0.1, 0.15) is 31.4 Å². The molecule has 3 N–H and O–H groups in total. The minimum atomic E-state index is 0.149. The summed E-state index contributed by atoms with van der Waals surface area (Å²) in [6, 6.07) is 8.29. The summed E-state index contributed by atoms with van der Waals surface area (Å²) in [5, 5.41) is 8.84. The van der Waals surface area contributed by atoms with E-state index in [0.29, 0.717) is 0 Å². The largest absolute Gasteiger partial charge is 0.330 e. The van der Waals surface area contributed by atoms with Crippen molar-refractivity contribution in [3.05, 3.63) is 30.0 Å². The van der Waals surface area contributed by atoms with Gasteiger partial charge in [0.05, 0.1) is 11.2 Å². The van der Waals surface area contributed by atoms with E-state index in [0.717, 1.165) is 12.1 Å². The summed E-state index contributed by atoms with van der Waals surface area (Å²) in [4.78, 5) is 0. The number of H-pyrrole nitrogens is 1. The van der Waals surface area contributed by atoms with Gasteiger partial charge in [0.15, 0.2) is 0 Å². The first-order valence-electron chi connectivity index (χ1n) is 5.99. The number of nitrogens with two attached hydrogens (primary N) is 1. The zero-order valence-electron chi connectivity index (χ0n) is 9.37. The van der Waals surface area contributed by atoms with Crippen LogP contribution in [0.5, 0.6) is 0 Å². The molecule has 0 aliphatic heterocycles. The van der Waals surface area contributed by atoms with E-state index in [9.17, 15) is 0 Å². The van der Waals surface area contributed by atoms with Crippen molar-refractivity contribution in [1.82, 2.24) is 10.2 Å². The molecule has 1 heterocycles. The van der Waals surface area contributed by atoms with Crippen LogP contribution < -0.4 is 5.73 Å². The average molecular weight is 215 g/mol. The van der Waals surface area contributed by atoms with E-state index in [1.165, 1.54) is 36.8 Å². The normalized spacial score (nSPS) is 19.3. The molecule has 0 radical (unpaired) electrons. The predicted octanol–water partition coefficient (Wildman–Crippen LogP) is 2.33. The van der Waals surface area contributed by atoms with Crippen molar-refractivity contribution in [3.8, 4) is 0 Å². The molecule has 1 aliphatic carbocycles. The highest BCUT2D eigenvalue weighted by Crippen LogP contribution is 2.41. The Bertz CT molecular complexity index is 495. The van der Waals surface area contributed by atoms with Crippen LogP contribution in [-0.2, 0) is 5.41 Å². The monoisotopic (exact) mass is 215 g/mol. The zero-order valence-corrected chi connectivity index (χ0v) is 9.37. The lowest BCUT2D eigenvalue weighted by molar-refractivity contribution is 0.442. The maximum Gasteiger partial charge on any atom is 0.0923 e. The number of hydrogen-bond donors (Lipinski definition) is 2. The van der Waals surface area contributed by atoms with Gasteiger partial charge in [-0.3, -0.25) is 5.10 Å². The molecule has 0 saturated heterocycles. The molecule has 3 heteroatoms. The van der Waals surface area contributed by atoms with Gasteiger partial charge < -0.3 is 5.73 Å². The number of nitrogens with zero attached hydrogens (tertiary/aromatic N) is 1. The van der Waals surface area contributed by atoms with Gasteiger partial charge in [-0.15, -0.1) is 0 Å². The van der Waals surface area contributed by atoms with Crippen molar-refractivity contribution in [2.24, 2.45) is 5.73 Å². The molecule has 1 fully saturated rings. The van der Waals surface area contributed by atoms with Crippen molar-refractivity contribution >= 4 is 10.9 Å². The molecule has 1 saturated carbocycles. The van der Waals surface area contributed by atoms with Gasteiger partial charge in [-0.25, -0.2) is 0 Å². The fourth-order valence-corrected chi connectivity index (χ4v) is 2.97. The second kappa shape index (κ2) is 3.59. The lowest BCUT2D eigenvalue weighted by Crippen LogP contribution is -2.32. The van der Waals surface area contributed by atoms with Crippen LogP contribution in [-0.4, -0.2) is 16.7 Å². The molecule has 0 atom stereocenters. The third-order valence-electron chi connectivity index (χ3n) is 3.94. The Morgan fingerprint density at radius 3 is 2.75 bits per heavy atom. The number of para-hydroxylation sites is 1. The Morgan fingerprint density at radius 1 is 1.25 bits per heavy atom. The summed E-state index contributed by atoms with van der Waals surface area (Å²) in [6.45, 7) is 0.721. The molecule has 0 bridgehead atoms. The molecule has 1 aromatic carbocycles. The molecule has 3 rings (SSSR count). The highest BCUT2D eigenvalue weighted by molar-refractivity contribution is 5.82. The second-order valence-electron chi connectivity index (χ2n) is 4.81. The van der Waals surface area contributed by atoms with E-state index in [1.807, 2.05) is 6.07 Å². The minimum absolute atomic E-state index is 0.149. The van der Waals surface area contributed by atoms with Gasteiger partial charge in [0.2, 0.25) is 0 Å². The summed E-state index contributed by atoms with van der Waals surface area (Å²) in [6.07, 6.45) is 4.94. The molecular weight excluding hydrogens is 198 g/mol. The Labute approximate surface area is 95.0 Å². The van der Waals surface area contributed by atoms with Crippen LogP contribution in [0.15, 0.2) is 24.3 Å². The third kappa shape index (κ3) is 1.28. The van der Waals surface area contributed by atoms with Crippen LogP contribution >= 0.6 is 0 Å². The maximum absolute atomic E-state index is 6.00. The van der Waals surface area contributed by atoms with E-state index in [2.05, 4.69) is 28.4 Å². The van der Waals surface area contributed by atoms with E-state index in [1.54, 1.807) is 0 Å². The topological polar surface area (TPSA) is 54.7 Å². The number of rotatable bonds is 2. The van der Waals surface area contributed by atoms with Gasteiger partial charge in [-0.05, 0) is 18.9 Å². The Kier molecular flexibility index (Phi) is 2.21. The quantitative estimate of drug-likeness (QED) is 0.807. The van der Waals surface area contributed by atoms with E-state index >= 15 is 0 Å². The molecule has 1 aliphatic rings. The fourth-order valence-electron chi connectivity index (χ4n) is 2.97. The minimum Gasteiger partial charge on any atom is -0.330 e. The molecule has 0 amide bonds. The van der Waals surface area contributed by atoms with E-state index in [4.69, 9.17) is 5.73 Å². The van der Waals surface area contributed by atoms with Gasteiger partial charge in [0.1, 0.15) is 0 Å². The molecule has 16 heavy (non-hydrogen) atoms. The summed E-state index contributed by atoms with van der Waals surface area (Å²) < 4.78 is 0. The van der Waals surface area contributed by atoms with Crippen LogP contribution in [0.25, 0.3) is 10.9 Å². The number of aromatic nitrogens is 2. The summed E-state index contributed by atoms with van der Waals surface area (Å²) in [5.41, 5.74) is 8.46. The van der Waals surface area contributed by atoms with Crippen LogP contribution in [0.3, 0.4) is 0 Å². The standard InChI is InChI=1S/C13H17N3/c14-9-13(7-3-4-8-13)12-10-5-1-2-6-11(10)15-16-12/h1-2,5-6H,3-4,7-9,14H2,(H,15,16). The Morgan fingerprint density at radius 2 is 2.00 bits per heavy atom. The molecule has 3 nitrogen and oxygen atoms in total. The van der Waals surface area contributed by atoms with Crippen molar-refractivity contribution in [2.45, 2.75) is 31.1 Å². The lowest BCUT2D eigenvalue weighted by Gasteiger charge is -2.26. The SMILES string of the molecule is NCC1(c2[nH]nc3ccccc23)CCCC1. The third-order valence-corrected chi connectivity index (χ3v) is 3.94. The average Bonchev–Trinajstić information content (AvgIpc) is 2.96. The van der Waals surface area contributed by atoms with Crippen LogP contribution in [0, 0.1) is 0 Å². The summed E-state index contributed by atoms with van der Waals surface area (Å²) in [7, 11) is 0. The van der Waals surface area contributed by atoms with E-state index in [-0.39, 0.29) is 5.41 Å². The van der Waals surface area contributed by atoms with Crippen molar-refractivity contribution in [3.63, 3.8) is 0 Å². The van der Waals surface area contributed by atoms with Gasteiger partial charge in [0.25, 0.3) is 0 Å². The maximum atomic E-state index is 6.00. The van der Waals surface area contributed by atoms with Crippen molar-refractivity contribution in [1.29, 1.82) is 0 Å². The van der Waals surface area contributed by atoms with Gasteiger partial charge in [-0.2, -0.15) is 5.10 Å². The molecule has 0 unspecified atom stereocenters. The number of benzene rings is 1. The second-order valence-corrected chi connectivity index (χ2v) is 4.81. The number of fused-ring (bicyclic) bond motifs is 1. The highest BCUT2D eigenvalue weighted by atomic mass is 15.1. The fraction of sp³-hybridized carbons (Fsp3) is 0.462. The molecular formula is C13H17N3. The summed E-state index contributed by atoms with van der Waals surface area (Å²) >= 11 is 0. The highest BCUT2D eigenvalue weighted by Gasteiger charge is 2.36. The smallest absolute Gasteiger partial charge is 0.0923 e. The van der Waals surface area contributed by atoms with E-state index < -0.39 is 0 Å². The molecule has 2 aromatic rings. The predicted molar refractivity (Wildman–Crippen MR) is 65.3 cm³/mol. The van der Waals surface area contributed by atoms with Gasteiger partial charge in [-0.1, -0.05) is 31.0 Å². The Hall–Kier alpha value is -1.35. The van der Waals surface area contributed by atoms with Gasteiger partial charge in [0, 0.05) is 17.3 Å². The first kappa shape index (κ1) is 9.85. The first-order chi connectivity index (χ1) is 7.86. The first-order valence-corrected chi connectivity index (χ1v) is 5.99. The molecule has 84 valence electrons. The summed E-state index contributed by atoms with van der Waals surface area (Å²) in [5.74, 6) is 0. The van der Waals surface area contributed by atoms with Crippen LogP contribution in [0.4, 0.5) is 0 Å².